The van der Waals surface area contributed by atoms with Crippen LogP contribution < -0.4 is 20.9 Å². The number of aryl methyl sites for hydroxylation is 3. The number of likely N-dealkylation sites (N-methyl/N-ethyl adjacent to an activating group) is 1. The van der Waals surface area contributed by atoms with E-state index < -0.39 is 23.8 Å². The van der Waals surface area contributed by atoms with Crippen LogP contribution in [0.5, 0.6) is 0 Å². The van der Waals surface area contributed by atoms with E-state index in [-0.39, 0.29) is 54.0 Å². The maximum absolute atomic E-state index is 14.2. The number of benzene rings is 3. The predicted molar refractivity (Wildman–Crippen MR) is 269 cm³/mol. The minimum atomic E-state index is -1.01. The molecule has 6 rings (SSSR count). The summed E-state index contributed by atoms with van der Waals surface area (Å²) in [6, 6.07) is 20.8. The van der Waals surface area contributed by atoms with E-state index in [0.717, 1.165) is 72.5 Å². The van der Waals surface area contributed by atoms with Gasteiger partial charge in [0, 0.05) is 86.6 Å². The summed E-state index contributed by atoms with van der Waals surface area (Å²) in [5, 5.41) is 27.3. The molecule has 16 nitrogen and oxygen atoms in total. The summed E-state index contributed by atoms with van der Waals surface area (Å²) in [6.45, 7) is 9.20. The van der Waals surface area contributed by atoms with Crippen LogP contribution >= 0.6 is 11.8 Å². The number of aromatic nitrogens is 2. The maximum atomic E-state index is 14.2. The Hall–Kier alpha value is -6.33. The maximum Gasteiger partial charge on any atom is 0.306 e. The number of amides is 4. The highest BCUT2D eigenvalue weighted by Crippen LogP contribution is 2.26. The van der Waals surface area contributed by atoms with Crippen LogP contribution in [0.25, 0.3) is 0 Å². The molecule has 2 heterocycles. The highest BCUT2D eigenvalue weighted by Gasteiger charge is 2.27. The molecule has 0 unspecified atom stereocenters. The molecular formula is C52H66N8O8S. The lowest BCUT2D eigenvalue weighted by Gasteiger charge is -2.32. The molecule has 3 aromatic carbocycles. The van der Waals surface area contributed by atoms with Gasteiger partial charge in [-0.2, -0.15) is 11.8 Å². The minimum absolute atomic E-state index is 0.0203. The fourth-order valence-electron chi connectivity index (χ4n) is 8.90. The molecule has 1 saturated carbocycles. The Morgan fingerprint density at radius 1 is 0.797 bits per heavy atom. The zero-order chi connectivity index (χ0) is 49.5. The fourth-order valence-corrected chi connectivity index (χ4v) is 9.80. The second-order valence-corrected chi connectivity index (χ2v) is 19.2. The van der Waals surface area contributed by atoms with Gasteiger partial charge < -0.3 is 36.0 Å². The Balaban J connectivity index is 1.10. The average molecular weight is 963 g/mol. The third kappa shape index (κ3) is 15.1. The van der Waals surface area contributed by atoms with Gasteiger partial charge in [0.25, 0.3) is 17.7 Å². The Kier molecular flexibility index (Phi) is 19.1. The fraction of sp³-hybridized carbons (Fsp3) is 0.462. The number of anilines is 3. The van der Waals surface area contributed by atoms with E-state index in [9.17, 15) is 33.9 Å². The lowest BCUT2D eigenvalue weighted by molar-refractivity contribution is -0.143. The van der Waals surface area contributed by atoms with Crippen molar-refractivity contribution in [2.24, 2.45) is 5.92 Å². The minimum Gasteiger partial charge on any atom is -0.481 e. The summed E-state index contributed by atoms with van der Waals surface area (Å²) in [5.41, 5.74) is 5.81. The molecular weight excluding hydrogens is 897 g/mol. The van der Waals surface area contributed by atoms with Crippen LogP contribution in [-0.2, 0) is 33.8 Å². The van der Waals surface area contributed by atoms with Crippen LogP contribution in [0.4, 0.5) is 17.3 Å². The number of aliphatic carboxylic acids is 2. The summed E-state index contributed by atoms with van der Waals surface area (Å²) in [4.78, 5) is 91.1. The van der Waals surface area contributed by atoms with Crippen molar-refractivity contribution in [1.29, 1.82) is 0 Å². The number of nitrogens with one attached hydrogen (secondary N) is 3. The molecule has 0 radical (unpaired) electrons. The van der Waals surface area contributed by atoms with Gasteiger partial charge in [0.15, 0.2) is 5.69 Å². The van der Waals surface area contributed by atoms with Crippen LogP contribution in [0.1, 0.15) is 119 Å². The number of carboxylic acid groups (broad SMARTS) is 2. The standard InChI is InChI=1S/C52H66N8O8S/c1-5-43(6-2)60(25-24-58(4)45(61)22-23-46(62)63)33-36-8-7-9-40(31-36)49(65)56-44-32-53-52(59-26-28-69-29-27-59)57-47(44)50(66)55-42-21-16-37(34(3)30-42)13-10-35-11-14-38(15-12-35)48(64)54-41-19-17-39(18-20-41)51(67)68/h7-9,11-12,14-16,21,30-32,39,41,43H,5-6,10,13,17-20,22-29,33H2,1-4H3,(H,54,64)(H,55,66)(H,56,65)(H,62,63)(H,67,68). The second-order valence-electron chi connectivity index (χ2n) is 18.0. The van der Waals surface area contributed by atoms with Crippen molar-refractivity contribution in [3.8, 4) is 0 Å². The molecule has 1 aliphatic carbocycles. The van der Waals surface area contributed by atoms with Gasteiger partial charge in [0.05, 0.1) is 24.2 Å². The first kappa shape index (κ1) is 52.0. The van der Waals surface area contributed by atoms with Gasteiger partial charge >= 0.3 is 11.9 Å². The zero-order valence-electron chi connectivity index (χ0n) is 40.2. The van der Waals surface area contributed by atoms with Crippen LogP contribution in [0, 0.1) is 12.8 Å². The van der Waals surface area contributed by atoms with Crippen molar-refractivity contribution in [3.63, 3.8) is 0 Å². The number of carboxylic acids is 2. The second kappa shape index (κ2) is 25.3. The van der Waals surface area contributed by atoms with Crippen molar-refractivity contribution in [1.82, 2.24) is 25.1 Å². The number of nitrogens with zero attached hydrogens (tertiary/aromatic N) is 5. The largest absolute Gasteiger partial charge is 0.481 e. The molecule has 1 aromatic heterocycles. The topological polar surface area (TPSA) is 214 Å². The van der Waals surface area contributed by atoms with Gasteiger partial charge in [-0.25, -0.2) is 9.97 Å². The monoisotopic (exact) mass is 962 g/mol. The number of thioether (sulfide) groups is 1. The van der Waals surface area contributed by atoms with Gasteiger partial charge in [0.2, 0.25) is 11.9 Å². The molecule has 17 heteroatoms. The summed E-state index contributed by atoms with van der Waals surface area (Å²) in [5.74, 6) is -1.18. The van der Waals surface area contributed by atoms with Crippen molar-refractivity contribution in [2.45, 2.75) is 104 Å². The van der Waals surface area contributed by atoms with Gasteiger partial charge in [0.1, 0.15) is 0 Å². The number of rotatable bonds is 22. The Bertz CT molecular complexity index is 2430. The van der Waals surface area contributed by atoms with E-state index in [2.05, 4.69) is 39.7 Å². The highest BCUT2D eigenvalue weighted by molar-refractivity contribution is 7.99. The van der Waals surface area contributed by atoms with Gasteiger partial charge in [-0.1, -0.05) is 44.2 Å². The number of hydrogen-bond donors (Lipinski definition) is 5. The van der Waals surface area contributed by atoms with Crippen LogP contribution in [-0.4, -0.2) is 122 Å². The summed E-state index contributed by atoms with van der Waals surface area (Å²) in [6.07, 6.45) is 6.93. The lowest BCUT2D eigenvalue weighted by atomic mass is 9.86. The molecule has 1 aliphatic heterocycles. The molecule has 368 valence electrons. The van der Waals surface area contributed by atoms with Crippen LogP contribution in [0.15, 0.2) is 72.9 Å². The Morgan fingerprint density at radius 2 is 1.52 bits per heavy atom. The van der Waals surface area contributed by atoms with Crippen molar-refractivity contribution in [2.75, 3.05) is 60.3 Å². The first-order chi connectivity index (χ1) is 33.2. The normalized spacial score (nSPS) is 15.9. The highest BCUT2D eigenvalue weighted by atomic mass is 32.2. The number of carbonyl (C=O) groups is 6. The summed E-state index contributed by atoms with van der Waals surface area (Å²) < 4.78 is 0. The first-order valence-corrected chi connectivity index (χ1v) is 25.2. The van der Waals surface area contributed by atoms with Gasteiger partial charge in [-0.15, -0.1) is 0 Å². The lowest BCUT2D eigenvalue weighted by Crippen LogP contribution is -2.41. The summed E-state index contributed by atoms with van der Waals surface area (Å²) >= 11 is 1.85. The third-order valence-corrected chi connectivity index (χ3v) is 14.1. The number of hydrogen-bond acceptors (Lipinski definition) is 11. The van der Waals surface area contributed by atoms with E-state index in [0.29, 0.717) is 68.1 Å². The Labute approximate surface area is 409 Å². The molecule has 0 bridgehead atoms. The van der Waals surface area contributed by atoms with Gasteiger partial charge in [-0.3, -0.25) is 33.7 Å². The molecule has 0 atom stereocenters. The van der Waals surface area contributed by atoms with E-state index in [1.165, 1.54) is 6.20 Å². The van der Waals surface area contributed by atoms with E-state index in [1.807, 2.05) is 84.2 Å². The van der Waals surface area contributed by atoms with Crippen LogP contribution in [0.3, 0.4) is 0 Å². The van der Waals surface area contributed by atoms with Crippen molar-refractivity contribution < 1.29 is 39.0 Å². The van der Waals surface area contributed by atoms with Crippen LogP contribution in [0.2, 0.25) is 0 Å². The quantitative estimate of drug-likeness (QED) is 0.0523. The predicted octanol–water partition coefficient (Wildman–Crippen LogP) is 7.32. The molecule has 69 heavy (non-hydrogen) atoms. The molecule has 0 spiro atoms. The SMILES string of the molecule is CCC(CC)N(CCN(C)C(=O)CCC(=O)O)Cc1cccc(C(=O)Nc2cnc(N3CCSCC3)nc2C(=O)Nc2ccc(CCc3ccc(C(=O)NC4CCC(C(=O)O)CC4)cc3)c(C)c2)c1. The Morgan fingerprint density at radius 3 is 2.19 bits per heavy atom. The van der Waals surface area contributed by atoms with E-state index >= 15 is 0 Å². The zero-order valence-corrected chi connectivity index (χ0v) is 41.0. The smallest absolute Gasteiger partial charge is 0.306 e. The number of carbonyl (C=O) groups excluding carboxylic acids is 4. The molecule has 4 aromatic rings. The molecule has 1 saturated heterocycles. The van der Waals surface area contributed by atoms with Crippen molar-refractivity contribution in [3.05, 3.63) is 112 Å². The third-order valence-electron chi connectivity index (χ3n) is 13.2. The average Bonchev–Trinajstić information content (AvgIpc) is 3.35. The van der Waals surface area contributed by atoms with Crippen molar-refractivity contribution >= 4 is 64.7 Å². The van der Waals surface area contributed by atoms with E-state index in [4.69, 9.17) is 10.1 Å². The summed E-state index contributed by atoms with van der Waals surface area (Å²) in [7, 11) is 1.69. The molecule has 5 N–H and O–H groups in total. The molecule has 2 aliphatic rings. The molecule has 2 fully saturated rings. The van der Waals surface area contributed by atoms with E-state index in [1.54, 1.807) is 18.0 Å². The van der Waals surface area contributed by atoms with Gasteiger partial charge in [-0.05, 0) is 117 Å². The first-order valence-electron chi connectivity index (χ1n) is 24.0. The molecule has 4 amide bonds.